The third-order valence-electron chi connectivity index (χ3n) is 4.14. The fourth-order valence-corrected chi connectivity index (χ4v) is 10.5. The maximum atomic E-state index is 6.94. The molecule has 1 aliphatic rings. The normalized spacial score (nSPS) is 24.2. The number of nitrogens with two attached hydrogens (primary N) is 1. The van der Waals surface area contributed by atoms with Crippen molar-refractivity contribution in [3.8, 4) is 0 Å². The molecule has 0 bridgehead atoms. The topological polar surface area (TPSA) is 29.3 Å². The first-order chi connectivity index (χ1) is 7.11. The van der Waals surface area contributed by atoms with E-state index in [4.69, 9.17) is 5.73 Å². The molecule has 0 aromatic carbocycles. The van der Waals surface area contributed by atoms with Crippen LogP contribution in [0.4, 0.5) is 0 Å². The fraction of sp³-hybridized carbons (Fsp3) is 1.00. The zero-order valence-electron chi connectivity index (χ0n) is 12.1. The summed E-state index contributed by atoms with van der Waals surface area (Å²) < 4.78 is -0.0343. The Morgan fingerprint density at radius 3 is 1.69 bits per heavy atom. The number of rotatable bonds is 2. The molecule has 16 heavy (non-hydrogen) atoms. The summed E-state index contributed by atoms with van der Waals surface area (Å²) >= 11 is -1.97. The average Bonchev–Trinajstić information content (AvgIpc) is 2.14. The summed E-state index contributed by atoms with van der Waals surface area (Å²) in [6.07, 6.45) is 4.04. The van der Waals surface area contributed by atoms with Crippen LogP contribution in [0.3, 0.4) is 0 Å². The van der Waals surface area contributed by atoms with Gasteiger partial charge in [-0.15, -0.1) is 0 Å². The van der Waals surface area contributed by atoms with Crippen LogP contribution < -0.4 is 5.73 Å². The van der Waals surface area contributed by atoms with Gasteiger partial charge in [0.1, 0.15) is 0 Å². The van der Waals surface area contributed by atoms with Gasteiger partial charge in [-0.05, 0) is 0 Å². The second-order valence-corrected chi connectivity index (χ2v) is 18.4. The first-order valence-electron chi connectivity index (χ1n) is 6.64. The van der Waals surface area contributed by atoms with Gasteiger partial charge >= 0.3 is 104 Å². The van der Waals surface area contributed by atoms with Gasteiger partial charge in [0, 0.05) is 0 Å². The van der Waals surface area contributed by atoms with Crippen LogP contribution in [0.25, 0.3) is 0 Å². The standard InChI is InChI=1S/C13H30GeN2/c1-12(2,3)13(15,14(4,5)6)16-10-8-7-9-11-16/h7-11,15H2,1-6H3. The SMILES string of the molecule is CC(C)(C)[C](N)(N1CCCCC1)[Ge]([CH3])([CH3])[CH3]. The van der Waals surface area contributed by atoms with E-state index in [2.05, 4.69) is 42.9 Å². The van der Waals surface area contributed by atoms with E-state index < -0.39 is 13.3 Å². The Kier molecular flexibility index (Phi) is 4.19. The van der Waals surface area contributed by atoms with Gasteiger partial charge in [0.15, 0.2) is 0 Å². The Balaban J connectivity index is 3.04. The summed E-state index contributed by atoms with van der Waals surface area (Å²) in [5.41, 5.74) is 7.12. The van der Waals surface area contributed by atoms with Gasteiger partial charge < -0.3 is 0 Å². The van der Waals surface area contributed by atoms with Gasteiger partial charge in [0.25, 0.3) is 0 Å². The van der Waals surface area contributed by atoms with Crippen LogP contribution in [-0.2, 0) is 0 Å². The van der Waals surface area contributed by atoms with Crippen molar-refractivity contribution in [1.82, 2.24) is 4.90 Å². The first kappa shape index (κ1) is 14.5. The minimum absolute atomic E-state index is 0.0343. The monoisotopic (exact) mass is 288 g/mol. The molecule has 96 valence electrons. The molecule has 1 heterocycles. The quantitative estimate of drug-likeness (QED) is 0.791. The fourth-order valence-electron chi connectivity index (χ4n) is 3.32. The Bertz CT molecular complexity index is 217. The van der Waals surface area contributed by atoms with Crippen molar-refractivity contribution in [2.45, 2.75) is 61.8 Å². The van der Waals surface area contributed by atoms with Crippen LogP contribution in [0.5, 0.6) is 0 Å². The predicted molar refractivity (Wildman–Crippen MR) is 75.1 cm³/mol. The molecule has 0 amide bonds. The Labute approximate surface area is 104 Å². The van der Waals surface area contributed by atoms with E-state index in [0.717, 1.165) is 0 Å². The second kappa shape index (κ2) is 4.62. The van der Waals surface area contributed by atoms with Gasteiger partial charge in [-0.2, -0.15) is 0 Å². The third-order valence-corrected chi connectivity index (χ3v) is 11.2. The Hall–Kier alpha value is 0.463. The molecule has 1 unspecified atom stereocenters. The third kappa shape index (κ3) is 2.49. The summed E-state index contributed by atoms with van der Waals surface area (Å²) in [5.74, 6) is 7.37. The molecule has 0 aromatic rings. The predicted octanol–water partition coefficient (Wildman–Crippen LogP) is 3.05. The Morgan fingerprint density at radius 2 is 1.38 bits per heavy atom. The van der Waals surface area contributed by atoms with Gasteiger partial charge in [0.2, 0.25) is 0 Å². The minimum atomic E-state index is -1.97. The zero-order chi connectivity index (χ0) is 12.6. The summed E-state index contributed by atoms with van der Waals surface area (Å²) in [7, 11) is 0. The molecule has 1 atom stereocenters. The summed E-state index contributed by atoms with van der Waals surface area (Å²) in [6.45, 7) is 9.36. The Morgan fingerprint density at radius 1 is 0.938 bits per heavy atom. The van der Waals surface area contributed by atoms with E-state index in [1.807, 2.05) is 0 Å². The van der Waals surface area contributed by atoms with Crippen molar-refractivity contribution >= 4 is 13.3 Å². The van der Waals surface area contributed by atoms with E-state index in [9.17, 15) is 0 Å². The van der Waals surface area contributed by atoms with Crippen molar-refractivity contribution in [3.05, 3.63) is 0 Å². The van der Waals surface area contributed by atoms with Gasteiger partial charge in [-0.25, -0.2) is 0 Å². The number of likely N-dealkylation sites (tertiary alicyclic amines) is 1. The summed E-state index contributed by atoms with van der Waals surface area (Å²) in [4.78, 5) is 2.61. The van der Waals surface area contributed by atoms with Crippen molar-refractivity contribution in [1.29, 1.82) is 0 Å². The first-order valence-corrected chi connectivity index (χ1v) is 14.0. The van der Waals surface area contributed by atoms with Crippen LogP contribution in [0.15, 0.2) is 0 Å². The molecule has 0 aromatic heterocycles. The maximum absolute atomic E-state index is 6.94. The molecule has 1 fully saturated rings. The number of hydrogen-bond acceptors (Lipinski definition) is 2. The van der Waals surface area contributed by atoms with E-state index in [0.29, 0.717) is 0 Å². The van der Waals surface area contributed by atoms with Crippen molar-refractivity contribution in [3.63, 3.8) is 0 Å². The van der Waals surface area contributed by atoms with Gasteiger partial charge in [0.05, 0.1) is 0 Å². The molecule has 1 saturated heterocycles. The number of nitrogens with zero attached hydrogens (tertiary/aromatic N) is 1. The van der Waals surface area contributed by atoms with Crippen LogP contribution >= 0.6 is 0 Å². The summed E-state index contributed by atoms with van der Waals surface area (Å²) in [5, 5.41) is 0. The van der Waals surface area contributed by atoms with Crippen molar-refractivity contribution in [2.75, 3.05) is 13.1 Å². The van der Waals surface area contributed by atoms with E-state index in [1.165, 1.54) is 32.4 Å². The molecule has 0 radical (unpaired) electrons. The second-order valence-electron chi connectivity index (χ2n) is 7.31. The number of piperidine rings is 1. The van der Waals surface area contributed by atoms with E-state index >= 15 is 0 Å². The van der Waals surface area contributed by atoms with Crippen LogP contribution in [0, 0.1) is 5.41 Å². The van der Waals surface area contributed by atoms with Crippen LogP contribution in [0.2, 0.25) is 17.3 Å². The molecule has 2 nitrogen and oxygen atoms in total. The van der Waals surface area contributed by atoms with Crippen molar-refractivity contribution < 1.29 is 0 Å². The van der Waals surface area contributed by atoms with E-state index in [1.54, 1.807) is 0 Å². The molecule has 1 aliphatic heterocycles. The van der Waals surface area contributed by atoms with Crippen molar-refractivity contribution in [2.24, 2.45) is 11.1 Å². The average molecular weight is 287 g/mol. The van der Waals surface area contributed by atoms with Crippen LogP contribution in [0.1, 0.15) is 40.0 Å². The van der Waals surface area contributed by atoms with Crippen LogP contribution in [-0.4, -0.2) is 35.8 Å². The van der Waals surface area contributed by atoms with Gasteiger partial charge in [-0.1, -0.05) is 0 Å². The molecule has 0 saturated carbocycles. The van der Waals surface area contributed by atoms with Gasteiger partial charge in [-0.3, -0.25) is 0 Å². The molecule has 1 rings (SSSR count). The summed E-state index contributed by atoms with van der Waals surface area (Å²) in [6, 6.07) is 0. The number of hydrogen-bond donors (Lipinski definition) is 1. The molecule has 3 heteroatoms. The molecular formula is C13H30GeN2. The molecular weight excluding hydrogens is 257 g/mol. The molecule has 0 spiro atoms. The zero-order valence-corrected chi connectivity index (χ0v) is 14.2. The molecule has 0 aliphatic carbocycles. The molecule has 2 N–H and O–H groups in total. The van der Waals surface area contributed by atoms with E-state index in [-0.39, 0.29) is 9.91 Å².